The van der Waals surface area contributed by atoms with E-state index in [9.17, 15) is 4.79 Å². The first-order valence-electron chi connectivity index (χ1n) is 10.8. The number of carbonyl (C=O) groups is 1. The highest BCUT2D eigenvalue weighted by atomic mass is 16.5. The van der Waals surface area contributed by atoms with Gasteiger partial charge in [0.2, 0.25) is 5.91 Å². The predicted molar refractivity (Wildman–Crippen MR) is 123 cm³/mol. The average Bonchev–Trinajstić information content (AvgIpc) is 2.79. The molecule has 0 saturated carbocycles. The molecule has 1 fully saturated rings. The molecule has 0 radical (unpaired) electrons. The van der Waals surface area contributed by atoms with Gasteiger partial charge in [0.15, 0.2) is 0 Å². The number of methoxy groups -OCH3 is 1. The number of anilines is 2. The van der Waals surface area contributed by atoms with Gasteiger partial charge in [-0.05, 0) is 44.4 Å². The molecule has 1 aliphatic heterocycles. The lowest BCUT2D eigenvalue weighted by molar-refractivity contribution is -0.132. The summed E-state index contributed by atoms with van der Waals surface area (Å²) in [5, 5.41) is 3.36. The zero-order valence-corrected chi connectivity index (χ0v) is 18.9. The zero-order valence-electron chi connectivity index (χ0n) is 18.9. The molecule has 1 amide bonds. The average molecular weight is 433 g/mol. The molecule has 0 bridgehead atoms. The third-order valence-electron chi connectivity index (χ3n) is 5.79. The van der Waals surface area contributed by atoms with Crippen LogP contribution in [0.3, 0.4) is 0 Å². The van der Waals surface area contributed by atoms with Crippen LogP contribution in [0.1, 0.15) is 44.0 Å². The van der Waals surface area contributed by atoms with E-state index in [1.807, 2.05) is 36.2 Å². The monoisotopic (exact) mass is 432 g/mol. The minimum absolute atomic E-state index is 0.0600. The van der Waals surface area contributed by atoms with Crippen LogP contribution >= 0.6 is 0 Å². The molecule has 3 aromatic heterocycles. The number of nitrogens with one attached hydrogen (secondary N) is 1. The minimum atomic E-state index is 0.0600. The lowest BCUT2D eigenvalue weighted by Crippen LogP contribution is -2.44. The summed E-state index contributed by atoms with van der Waals surface area (Å²) in [5.41, 5.74) is 3.50. The molecule has 1 N–H and O–H groups in total. The molecule has 0 unspecified atom stereocenters. The molecular formula is C24H28N6O2. The van der Waals surface area contributed by atoms with Crippen molar-refractivity contribution >= 4 is 17.4 Å². The quantitative estimate of drug-likeness (QED) is 0.648. The summed E-state index contributed by atoms with van der Waals surface area (Å²) < 4.78 is 5.34. The highest BCUT2D eigenvalue weighted by Crippen LogP contribution is 2.32. The highest BCUT2D eigenvalue weighted by molar-refractivity contribution is 5.74. The van der Waals surface area contributed by atoms with Crippen molar-refractivity contribution < 1.29 is 9.53 Å². The van der Waals surface area contributed by atoms with Gasteiger partial charge in [-0.15, -0.1) is 0 Å². The Morgan fingerprint density at radius 2 is 1.91 bits per heavy atom. The first-order valence-corrected chi connectivity index (χ1v) is 10.8. The first kappa shape index (κ1) is 21.7. The Morgan fingerprint density at radius 1 is 1.09 bits per heavy atom. The number of hydrogen-bond acceptors (Lipinski definition) is 7. The number of carbonyl (C=O) groups excluding carboxylic acids is 1. The van der Waals surface area contributed by atoms with Crippen LogP contribution in [-0.2, 0) is 4.79 Å². The van der Waals surface area contributed by atoms with E-state index in [2.05, 4.69) is 22.2 Å². The molecule has 0 spiro atoms. The SMILES string of the molecule is COc1cncc(-c2cc(Nc3cncc(C)c3)nc([C@@H]3CC[C@H](C)N(C(C)=O)C3)n2)c1. The number of ether oxygens (including phenoxy) is 1. The van der Waals surface area contributed by atoms with Crippen LogP contribution in [0.25, 0.3) is 11.3 Å². The Balaban J connectivity index is 1.74. The van der Waals surface area contributed by atoms with Crippen molar-refractivity contribution in [3.05, 3.63) is 54.4 Å². The van der Waals surface area contributed by atoms with Gasteiger partial charge in [0, 0.05) is 49.5 Å². The smallest absolute Gasteiger partial charge is 0.219 e. The van der Waals surface area contributed by atoms with Crippen molar-refractivity contribution in [3.8, 4) is 17.0 Å². The van der Waals surface area contributed by atoms with Crippen LogP contribution in [0.4, 0.5) is 11.5 Å². The van der Waals surface area contributed by atoms with Crippen molar-refractivity contribution in [2.45, 2.75) is 45.6 Å². The lowest BCUT2D eigenvalue weighted by Gasteiger charge is -2.37. The Bertz CT molecular complexity index is 1120. The third kappa shape index (κ3) is 4.85. The number of hydrogen-bond donors (Lipinski definition) is 1. The number of rotatable bonds is 5. The highest BCUT2D eigenvalue weighted by Gasteiger charge is 2.30. The fourth-order valence-electron chi connectivity index (χ4n) is 4.06. The minimum Gasteiger partial charge on any atom is -0.495 e. The maximum Gasteiger partial charge on any atom is 0.219 e. The molecule has 3 aromatic rings. The summed E-state index contributed by atoms with van der Waals surface area (Å²) in [7, 11) is 1.61. The van der Waals surface area contributed by atoms with E-state index in [4.69, 9.17) is 14.7 Å². The van der Waals surface area contributed by atoms with Gasteiger partial charge < -0.3 is 15.0 Å². The summed E-state index contributed by atoms with van der Waals surface area (Å²) in [6, 6.07) is 6.05. The number of likely N-dealkylation sites (tertiary alicyclic amines) is 1. The molecule has 2 atom stereocenters. The van der Waals surface area contributed by atoms with Crippen molar-refractivity contribution in [1.29, 1.82) is 0 Å². The van der Waals surface area contributed by atoms with Gasteiger partial charge in [-0.3, -0.25) is 14.8 Å². The lowest BCUT2D eigenvalue weighted by atomic mass is 9.92. The fraction of sp³-hybridized carbons (Fsp3) is 0.375. The maximum absolute atomic E-state index is 12.1. The molecule has 0 aromatic carbocycles. The van der Waals surface area contributed by atoms with Crippen LogP contribution in [0.15, 0.2) is 43.0 Å². The van der Waals surface area contributed by atoms with E-state index in [1.54, 1.807) is 32.6 Å². The normalized spacial score (nSPS) is 18.3. The van der Waals surface area contributed by atoms with Gasteiger partial charge in [-0.25, -0.2) is 9.97 Å². The Morgan fingerprint density at radius 3 is 2.66 bits per heavy atom. The van der Waals surface area contributed by atoms with Crippen LogP contribution in [0.2, 0.25) is 0 Å². The Hall–Kier alpha value is -3.55. The van der Waals surface area contributed by atoms with Crippen molar-refractivity contribution in [3.63, 3.8) is 0 Å². The first-order chi connectivity index (χ1) is 15.4. The van der Waals surface area contributed by atoms with Crippen LogP contribution in [0, 0.1) is 6.92 Å². The van der Waals surface area contributed by atoms with E-state index in [0.29, 0.717) is 23.9 Å². The molecule has 1 saturated heterocycles. The van der Waals surface area contributed by atoms with Crippen molar-refractivity contribution in [1.82, 2.24) is 24.8 Å². The van der Waals surface area contributed by atoms with Gasteiger partial charge in [-0.2, -0.15) is 0 Å². The molecule has 4 rings (SSSR count). The van der Waals surface area contributed by atoms with Gasteiger partial charge >= 0.3 is 0 Å². The third-order valence-corrected chi connectivity index (χ3v) is 5.79. The van der Waals surface area contributed by atoms with Crippen molar-refractivity contribution in [2.24, 2.45) is 0 Å². The Kier molecular flexibility index (Phi) is 6.30. The van der Waals surface area contributed by atoms with Gasteiger partial charge in [0.1, 0.15) is 17.4 Å². The van der Waals surface area contributed by atoms with Gasteiger partial charge in [-0.1, -0.05) is 0 Å². The number of pyridine rings is 2. The molecule has 4 heterocycles. The molecule has 32 heavy (non-hydrogen) atoms. The topological polar surface area (TPSA) is 93.1 Å². The van der Waals surface area contributed by atoms with Gasteiger partial charge in [0.05, 0.1) is 30.9 Å². The van der Waals surface area contributed by atoms with Crippen LogP contribution < -0.4 is 10.1 Å². The summed E-state index contributed by atoms with van der Waals surface area (Å²) in [6.07, 6.45) is 8.85. The maximum atomic E-state index is 12.1. The second-order valence-electron chi connectivity index (χ2n) is 8.28. The van der Waals surface area contributed by atoms with E-state index in [1.165, 1.54) is 0 Å². The van der Waals surface area contributed by atoms with E-state index in [-0.39, 0.29) is 17.9 Å². The number of nitrogens with zero attached hydrogens (tertiary/aromatic N) is 5. The molecular weight excluding hydrogens is 404 g/mol. The number of piperidine rings is 1. The Labute approximate surface area is 188 Å². The zero-order chi connectivity index (χ0) is 22.7. The molecule has 1 aliphatic rings. The van der Waals surface area contributed by atoms with Gasteiger partial charge in [0.25, 0.3) is 0 Å². The fourth-order valence-corrected chi connectivity index (χ4v) is 4.06. The summed E-state index contributed by atoms with van der Waals surface area (Å²) in [4.78, 5) is 32.3. The van der Waals surface area contributed by atoms with Crippen LogP contribution in [0.5, 0.6) is 5.75 Å². The summed E-state index contributed by atoms with van der Waals surface area (Å²) in [6.45, 7) is 6.32. The number of aromatic nitrogens is 4. The second kappa shape index (κ2) is 9.30. The van der Waals surface area contributed by atoms with Crippen molar-refractivity contribution in [2.75, 3.05) is 19.0 Å². The number of amides is 1. The summed E-state index contributed by atoms with van der Waals surface area (Å²) in [5.74, 6) is 2.19. The second-order valence-corrected chi connectivity index (χ2v) is 8.28. The largest absolute Gasteiger partial charge is 0.495 e. The standard InChI is InChI=1S/C24H28N6O2/c1-15-7-20(12-25-10-15)27-23-9-22(19-8-21(32-4)13-26-11-19)28-24(29-23)18-6-5-16(2)30(14-18)17(3)31/h7-13,16,18H,5-6,14H2,1-4H3,(H,27,28,29)/t16-,18+/m0/s1. The predicted octanol–water partition coefficient (Wildman–Crippen LogP) is 4.11. The molecule has 166 valence electrons. The molecule has 8 heteroatoms. The van der Waals surface area contributed by atoms with Crippen LogP contribution in [-0.4, -0.2) is 50.4 Å². The van der Waals surface area contributed by atoms with E-state index >= 15 is 0 Å². The van der Waals surface area contributed by atoms with E-state index < -0.39 is 0 Å². The molecule has 0 aliphatic carbocycles. The van der Waals surface area contributed by atoms with E-state index in [0.717, 1.165) is 35.3 Å². The summed E-state index contributed by atoms with van der Waals surface area (Å²) >= 11 is 0. The molecule has 8 nitrogen and oxygen atoms in total. The number of aryl methyl sites for hydroxylation is 1.